The molecular weight excluding hydrogens is 403 g/mol. The number of hydrogen-bond acceptors (Lipinski definition) is 4. The van der Waals surface area contributed by atoms with Crippen LogP contribution in [0.3, 0.4) is 0 Å². The van der Waals surface area contributed by atoms with Crippen molar-refractivity contribution in [3.63, 3.8) is 0 Å². The van der Waals surface area contributed by atoms with Gasteiger partial charge in [-0.15, -0.1) is 0 Å². The van der Waals surface area contributed by atoms with Gasteiger partial charge in [-0.1, -0.05) is 0 Å². The fourth-order valence-corrected chi connectivity index (χ4v) is 4.30. The number of hydrogen-bond donors (Lipinski definition) is 5. The number of aromatic hydroxyl groups is 1. The van der Waals surface area contributed by atoms with E-state index in [1.165, 1.54) is 13.3 Å². The second-order valence-corrected chi connectivity index (χ2v) is 11.2. The second-order valence-electron chi connectivity index (χ2n) is 7.88. The van der Waals surface area contributed by atoms with Gasteiger partial charge in [-0.3, -0.25) is 0 Å². The molecule has 0 spiro atoms. The summed E-state index contributed by atoms with van der Waals surface area (Å²) < 4.78 is 28.6. The van der Waals surface area contributed by atoms with Gasteiger partial charge in [0.2, 0.25) is 0 Å². The molecule has 0 radical (unpaired) electrons. The number of anilines is 1. The minimum Gasteiger partial charge on any atom is -0.634 e. The Bertz CT molecular complexity index is 682. The van der Waals surface area contributed by atoms with Gasteiger partial charge in [0, 0.05) is 12.8 Å². The molecule has 148 valence electrons. The fourth-order valence-electron chi connectivity index (χ4n) is 3.11. The Kier molecular flexibility index (Phi) is 7.12. The molecule has 1 aliphatic heterocycles. The van der Waals surface area contributed by atoms with Crippen LogP contribution in [0, 0.1) is 5.21 Å². The van der Waals surface area contributed by atoms with Crippen LogP contribution < -0.4 is 14.7 Å². The zero-order valence-corrected chi connectivity index (χ0v) is 17.7. The molecule has 5 N–H and O–H groups in total. The van der Waals surface area contributed by atoms with Crippen LogP contribution in [0.25, 0.3) is 0 Å². The summed E-state index contributed by atoms with van der Waals surface area (Å²) in [6.45, 7) is 9.49. The van der Waals surface area contributed by atoms with Crippen LogP contribution in [0.15, 0.2) is 18.2 Å². The summed E-state index contributed by atoms with van der Waals surface area (Å²) in [4.78, 5) is 10.7. The number of nitrogens with one attached hydrogen (secondary N) is 2. The Morgan fingerprint density at radius 1 is 1.19 bits per heavy atom. The van der Waals surface area contributed by atoms with Crippen molar-refractivity contribution in [2.75, 3.05) is 5.32 Å². The third-order valence-corrected chi connectivity index (χ3v) is 6.46. The molecule has 1 amide bonds. The predicted molar refractivity (Wildman–Crippen MR) is 99.3 cm³/mol. The van der Waals surface area contributed by atoms with Crippen LogP contribution in [0.4, 0.5) is 5.69 Å². The summed E-state index contributed by atoms with van der Waals surface area (Å²) >= 11 is -4.98. The third kappa shape index (κ3) is 6.14. The maximum absolute atomic E-state index is 11.8. The van der Waals surface area contributed by atoms with E-state index >= 15 is 0 Å². The zero-order valence-electron chi connectivity index (χ0n) is 15.9. The first-order chi connectivity index (χ1) is 11.7. The average Bonchev–Trinajstić information content (AvgIpc) is 2.46. The number of carbonyl (C=O) groups excluding carboxylic acids is 1. The molecule has 1 saturated heterocycles. The molecule has 26 heavy (non-hydrogen) atoms. The maximum Gasteiger partial charge on any atom is 0.0921 e. The first kappa shape index (κ1) is 22.7. The van der Waals surface area contributed by atoms with Crippen molar-refractivity contribution in [1.29, 1.82) is 0 Å². The summed E-state index contributed by atoms with van der Waals surface area (Å²) in [7, 11) is 0. The molecule has 9 heteroatoms. The van der Waals surface area contributed by atoms with E-state index in [2.05, 4.69) is 33.0 Å². The molecule has 8 nitrogen and oxygen atoms in total. The predicted octanol–water partition coefficient (Wildman–Crippen LogP) is 0.0218. The van der Waals surface area contributed by atoms with Gasteiger partial charge in [-0.2, -0.15) is 0 Å². The molecule has 2 rings (SSSR count). The topological polar surface area (TPSA) is 134 Å². The zero-order chi connectivity index (χ0) is 20.3. The van der Waals surface area contributed by atoms with E-state index in [0.29, 0.717) is 5.06 Å². The first-order valence-electron chi connectivity index (χ1n) is 8.38. The molecular formula is C17H29AsN2O6. The van der Waals surface area contributed by atoms with Gasteiger partial charge < -0.3 is 10.3 Å². The number of hydroxylamine groups is 2. The van der Waals surface area contributed by atoms with Gasteiger partial charge in [0.25, 0.3) is 0 Å². The minimum absolute atomic E-state index is 0.00951. The molecule has 1 fully saturated rings. The van der Waals surface area contributed by atoms with E-state index in [4.69, 9.17) is 8.19 Å². The number of amides is 1. The number of phenolic OH excluding ortho intramolecular Hbond substituents is 1. The van der Waals surface area contributed by atoms with Crippen molar-refractivity contribution in [1.82, 2.24) is 0 Å². The van der Waals surface area contributed by atoms with Crippen molar-refractivity contribution >= 4 is 30.1 Å². The van der Waals surface area contributed by atoms with Crippen molar-refractivity contribution in [2.24, 2.45) is 0 Å². The maximum atomic E-state index is 11.8. The Hall–Kier alpha value is -1.31. The van der Waals surface area contributed by atoms with Crippen molar-refractivity contribution in [2.45, 2.75) is 65.0 Å². The molecule has 1 aliphatic rings. The van der Waals surface area contributed by atoms with Crippen molar-refractivity contribution < 1.29 is 26.9 Å². The molecule has 1 aromatic carbocycles. The summed E-state index contributed by atoms with van der Waals surface area (Å²) in [6.07, 6.45) is 3.33. The number of rotatable bonds is 2. The van der Waals surface area contributed by atoms with Crippen molar-refractivity contribution in [3.05, 3.63) is 23.4 Å². The van der Waals surface area contributed by atoms with Crippen LogP contribution in [0.1, 0.15) is 53.9 Å². The van der Waals surface area contributed by atoms with Crippen LogP contribution in [-0.4, -0.2) is 44.5 Å². The van der Waals surface area contributed by atoms with Gasteiger partial charge in [0.05, 0.1) is 11.1 Å². The quantitative estimate of drug-likeness (QED) is 0.254. The summed E-state index contributed by atoms with van der Waals surface area (Å²) in [5, 5.41) is 23.8. The molecule has 0 unspecified atom stereocenters. The Morgan fingerprint density at radius 3 is 2.08 bits per heavy atom. The normalized spacial score (nSPS) is 19.2. The van der Waals surface area contributed by atoms with Gasteiger partial charge in [-0.05, 0) is 34.1 Å². The number of quaternary nitrogens is 1. The van der Waals surface area contributed by atoms with Crippen LogP contribution in [0.5, 0.6) is 5.75 Å². The van der Waals surface area contributed by atoms with E-state index in [0.717, 1.165) is 31.0 Å². The number of phenols is 1. The van der Waals surface area contributed by atoms with E-state index in [1.807, 2.05) is 0 Å². The van der Waals surface area contributed by atoms with Crippen LogP contribution in [0.2, 0.25) is 0 Å². The van der Waals surface area contributed by atoms with Gasteiger partial charge >= 0.3 is 88.1 Å². The summed E-state index contributed by atoms with van der Waals surface area (Å²) in [5.74, 6) is -0.668. The average molecular weight is 432 g/mol. The molecule has 0 bridgehead atoms. The van der Waals surface area contributed by atoms with Crippen LogP contribution in [-0.2, 0) is 8.53 Å². The Balaban J connectivity index is 0.000000273. The number of benzene rings is 1. The molecule has 1 aromatic rings. The standard InChI is InChI=1S/C9H19NO.C8H10AsNO5/c1-8(2)6-5-7-9(3,4)10(8)11;1-5(11)10-7-4-6(9(13,14)15)2-3-8(7)12/h10H,5-7H2,1-4H3;2-4,12H,1H3,(H,10,11)(H2,13,14,15). The smallest absolute Gasteiger partial charge is 0.0921 e. The van der Waals surface area contributed by atoms with E-state index < -0.39 is 20.1 Å². The second kappa shape index (κ2) is 8.15. The van der Waals surface area contributed by atoms with Gasteiger partial charge in [-0.25, -0.2) is 0 Å². The summed E-state index contributed by atoms with van der Waals surface area (Å²) in [5.41, 5.74) is -0.145. The third-order valence-electron chi connectivity index (χ3n) is 4.46. The Labute approximate surface area is 156 Å². The number of carbonyl (C=O) groups is 1. The van der Waals surface area contributed by atoms with Crippen LogP contribution >= 0.6 is 0 Å². The SMILES string of the molecule is CC(=O)Nc1cc([As](=O)(O)O)ccc1O.CC1(C)CCCC(C)(C)[NH+]1[O-]. The van der Waals surface area contributed by atoms with Gasteiger partial charge in [0.15, 0.2) is 0 Å². The van der Waals surface area contributed by atoms with E-state index in [9.17, 15) is 18.8 Å². The monoisotopic (exact) mass is 432 g/mol. The van der Waals surface area contributed by atoms with Crippen molar-refractivity contribution in [3.8, 4) is 5.75 Å². The van der Waals surface area contributed by atoms with Gasteiger partial charge in [0.1, 0.15) is 0 Å². The first-order valence-corrected chi connectivity index (χ1v) is 11.8. The largest absolute Gasteiger partial charge is 0.634 e. The molecule has 0 aliphatic carbocycles. The molecule has 0 saturated carbocycles. The number of piperidine rings is 1. The summed E-state index contributed by atoms with van der Waals surface area (Å²) in [6, 6.07) is 3.32. The molecule has 0 aromatic heterocycles. The Morgan fingerprint density at radius 2 is 1.69 bits per heavy atom. The van der Waals surface area contributed by atoms with E-state index in [1.54, 1.807) is 0 Å². The molecule has 1 heterocycles. The molecule has 0 atom stereocenters. The van der Waals surface area contributed by atoms with E-state index in [-0.39, 0.29) is 26.9 Å². The fraction of sp³-hybridized carbons (Fsp3) is 0.588. The minimum atomic E-state index is -4.98.